The van der Waals surface area contributed by atoms with Gasteiger partial charge in [-0.2, -0.15) is 0 Å². The summed E-state index contributed by atoms with van der Waals surface area (Å²) in [5, 5.41) is 3.40. The van der Waals surface area contributed by atoms with Crippen LogP contribution in [0.5, 0.6) is 0 Å². The quantitative estimate of drug-likeness (QED) is 0.321. The number of guanidine groups is 1. The van der Waals surface area contributed by atoms with Gasteiger partial charge >= 0.3 is 5.97 Å². The number of esters is 1. The molecular formula is C15H28IN3O3. The van der Waals surface area contributed by atoms with Crippen LogP contribution in [0.2, 0.25) is 0 Å². The second kappa shape index (κ2) is 10.3. The number of likely N-dealkylation sites (tertiary alicyclic amines) is 1. The average molecular weight is 425 g/mol. The Balaban J connectivity index is 0.00000242. The summed E-state index contributed by atoms with van der Waals surface area (Å²) in [6.45, 7) is 3.48. The maximum atomic E-state index is 11.5. The zero-order valence-corrected chi connectivity index (χ0v) is 15.9. The molecule has 0 amide bonds. The number of methoxy groups -OCH3 is 1. The second-order valence-electron chi connectivity index (χ2n) is 5.68. The van der Waals surface area contributed by atoms with Gasteiger partial charge in [-0.25, -0.2) is 0 Å². The maximum Gasteiger partial charge on any atom is 0.308 e. The standard InChI is InChI=1S/C15H27N3O3.HI/c1-16-15(17-8-5-13-4-3-11-21-13)18-9-6-12(7-10-18)14(19)20-2;/h12-13H,3-11H2,1-2H3,(H,16,17);1H. The van der Waals surface area contributed by atoms with E-state index >= 15 is 0 Å². The van der Waals surface area contributed by atoms with Gasteiger partial charge in [0, 0.05) is 33.3 Å². The minimum Gasteiger partial charge on any atom is -0.469 e. The zero-order valence-electron chi connectivity index (χ0n) is 13.5. The van der Waals surface area contributed by atoms with Crippen LogP contribution in [0.25, 0.3) is 0 Å². The number of carbonyl (C=O) groups is 1. The molecule has 1 unspecified atom stereocenters. The van der Waals surface area contributed by atoms with Crippen molar-refractivity contribution in [1.82, 2.24) is 10.2 Å². The van der Waals surface area contributed by atoms with Gasteiger partial charge in [-0.15, -0.1) is 24.0 Å². The van der Waals surface area contributed by atoms with Gasteiger partial charge in [-0.1, -0.05) is 0 Å². The molecule has 2 aliphatic rings. The molecule has 22 heavy (non-hydrogen) atoms. The molecule has 0 aromatic carbocycles. The summed E-state index contributed by atoms with van der Waals surface area (Å²) in [5.41, 5.74) is 0. The molecule has 2 fully saturated rings. The largest absolute Gasteiger partial charge is 0.469 e. The minimum absolute atomic E-state index is 0. The van der Waals surface area contributed by atoms with Crippen molar-refractivity contribution in [2.45, 2.75) is 38.2 Å². The highest BCUT2D eigenvalue weighted by atomic mass is 127. The Bertz CT molecular complexity index is 365. The number of ether oxygens (including phenoxy) is 2. The van der Waals surface area contributed by atoms with Crippen LogP contribution in [0.4, 0.5) is 0 Å². The predicted octanol–water partition coefficient (Wildman–Crippen LogP) is 1.63. The average Bonchev–Trinajstić information content (AvgIpc) is 3.04. The van der Waals surface area contributed by atoms with Crippen LogP contribution < -0.4 is 5.32 Å². The van der Waals surface area contributed by atoms with E-state index in [0.717, 1.165) is 51.5 Å². The fraction of sp³-hybridized carbons (Fsp3) is 0.867. The van der Waals surface area contributed by atoms with Crippen molar-refractivity contribution in [3.63, 3.8) is 0 Å². The summed E-state index contributed by atoms with van der Waals surface area (Å²) in [5.74, 6) is 0.878. The molecule has 0 aromatic rings. The first-order valence-electron chi connectivity index (χ1n) is 7.89. The van der Waals surface area contributed by atoms with E-state index in [1.165, 1.54) is 20.0 Å². The molecule has 7 heteroatoms. The van der Waals surface area contributed by atoms with Crippen molar-refractivity contribution < 1.29 is 14.3 Å². The van der Waals surface area contributed by atoms with Crippen molar-refractivity contribution in [2.24, 2.45) is 10.9 Å². The fourth-order valence-corrected chi connectivity index (χ4v) is 3.04. The zero-order chi connectivity index (χ0) is 15.1. The molecule has 2 rings (SSSR count). The molecule has 1 atom stereocenters. The molecular weight excluding hydrogens is 397 g/mol. The molecule has 6 nitrogen and oxygen atoms in total. The minimum atomic E-state index is -0.0871. The van der Waals surface area contributed by atoms with Gasteiger partial charge in [0.2, 0.25) is 0 Å². The number of hydrogen-bond donors (Lipinski definition) is 1. The van der Waals surface area contributed by atoms with Gasteiger partial charge in [0.1, 0.15) is 0 Å². The third-order valence-corrected chi connectivity index (χ3v) is 4.31. The van der Waals surface area contributed by atoms with E-state index in [0.29, 0.717) is 6.10 Å². The number of nitrogens with zero attached hydrogens (tertiary/aromatic N) is 2. The smallest absolute Gasteiger partial charge is 0.308 e. The van der Waals surface area contributed by atoms with E-state index in [9.17, 15) is 4.79 Å². The Morgan fingerprint density at radius 3 is 2.64 bits per heavy atom. The lowest BCUT2D eigenvalue weighted by Crippen LogP contribution is -2.47. The van der Waals surface area contributed by atoms with Crippen LogP contribution in [-0.4, -0.2) is 63.3 Å². The van der Waals surface area contributed by atoms with E-state index in [1.54, 1.807) is 7.05 Å². The molecule has 0 spiro atoms. The van der Waals surface area contributed by atoms with Crippen molar-refractivity contribution in [3.05, 3.63) is 0 Å². The highest BCUT2D eigenvalue weighted by molar-refractivity contribution is 14.0. The lowest BCUT2D eigenvalue weighted by Gasteiger charge is -2.33. The number of rotatable bonds is 4. The van der Waals surface area contributed by atoms with Crippen LogP contribution in [0.3, 0.4) is 0 Å². The van der Waals surface area contributed by atoms with Crippen molar-refractivity contribution >= 4 is 35.9 Å². The van der Waals surface area contributed by atoms with Gasteiger partial charge < -0.3 is 19.7 Å². The normalized spacial score (nSPS) is 23.1. The van der Waals surface area contributed by atoms with Crippen LogP contribution in [0.1, 0.15) is 32.1 Å². The molecule has 2 saturated heterocycles. The first-order chi connectivity index (χ1) is 10.2. The molecule has 0 saturated carbocycles. The maximum absolute atomic E-state index is 11.5. The van der Waals surface area contributed by atoms with Crippen molar-refractivity contribution in [1.29, 1.82) is 0 Å². The van der Waals surface area contributed by atoms with E-state index in [2.05, 4.69) is 15.2 Å². The molecule has 2 aliphatic heterocycles. The Labute approximate surface area is 150 Å². The number of hydrogen-bond acceptors (Lipinski definition) is 4. The fourth-order valence-electron chi connectivity index (χ4n) is 3.04. The summed E-state index contributed by atoms with van der Waals surface area (Å²) in [6, 6.07) is 0. The summed E-state index contributed by atoms with van der Waals surface area (Å²) in [4.78, 5) is 18.1. The number of piperidine rings is 1. The third-order valence-electron chi connectivity index (χ3n) is 4.31. The van der Waals surface area contributed by atoms with Gasteiger partial charge in [-0.05, 0) is 32.1 Å². The predicted molar refractivity (Wildman–Crippen MR) is 96.7 cm³/mol. The molecule has 128 valence electrons. The van der Waals surface area contributed by atoms with E-state index in [4.69, 9.17) is 9.47 Å². The van der Waals surface area contributed by atoms with Gasteiger partial charge in [0.05, 0.1) is 19.1 Å². The van der Waals surface area contributed by atoms with Crippen LogP contribution in [-0.2, 0) is 14.3 Å². The highest BCUT2D eigenvalue weighted by Crippen LogP contribution is 2.18. The number of halogens is 1. The monoisotopic (exact) mass is 425 g/mol. The number of aliphatic imine (C=N–C) groups is 1. The summed E-state index contributed by atoms with van der Waals surface area (Å²) in [6.07, 6.45) is 5.45. The van der Waals surface area contributed by atoms with Gasteiger partial charge in [0.25, 0.3) is 0 Å². The van der Waals surface area contributed by atoms with Crippen LogP contribution in [0, 0.1) is 5.92 Å². The third kappa shape index (κ3) is 5.57. The van der Waals surface area contributed by atoms with Crippen LogP contribution in [0.15, 0.2) is 4.99 Å². The van der Waals surface area contributed by atoms with E-state index in [1.807, 2.05) is 0 Å². The molecule has 2 heterocycles. The summed E-state index contributed by atoms with van der Waals surface area (Å²) in [7, 11) is 3.26. The topological polar surface area (TPSA) is 63.2 Å². The SMILES string of the molecule is CN=C(NCCC1CCCO1)N1CCC(C(=O)OC)CC1.I. The summed E-state index contributed by atoms with van der Waals surface area (Å²) >= 11 is 0. The first kappa shape index (κ1) is 19.5. The molecule has 0 aliphatic carbocycles. The van der Waals surface area contributed by atoms with Gasteiger partial charge in [0.15, 0.2) is 5.96 Å². The first-order valence-corrected chi connectivity index (χ1v) is 7.89. The molecule has 0 radical (unpaired) electrons. The molecule has 1 N–H and O–H groups in total. The van der Waals surface area contributed by atoms with E-state index in [-0.39, 0.29) is 35.9 Å². The Morgan fingerprint density at radius 2 is 2.09 bits per heavy atom. The lowest BCUT2D eigenvalue weighted by molar-refractivity contribution is -0.146. The molecule has 0 aromatic heterocycles. The van der Waals surface area contributed by atoms with E-state index < -0.39 is 0 Å². The van der Waals surface area contributed by atoms with Crippen molar-refractivity contribution in [2.75, 3.05) is 40.4 Å². The number of nitrogens with one attached hydrogen (secondary N) is 1. The van der Waals surface area contributed by atoms with Crippen molar-refractivity contribution in [3.8, 4) is 0 Å². The Hall–Kier alpha value is -0.570. The number of carbonyl (C=O) groups excluding carboxylic acids is 1. The Kier molecular flexibility index (Phi) is 9.08. The lowest BCUT2D eigenvalue weighted by atomic mass is 9.97. The highest BCUT2D eigenvalue weighted by Gasteiger charge is 2.27. The summed E-state index contributed by atoms with van der Waals surface area (Å²) < 4.78 is 10.4. The Morgan fingerprint density at radius 1 is 1.36 bits per heavy atom. The molecule has 0 bridgehead atoms. The second-order valence-corrected chi connectivity index (χ2v) is 5.68. The van der Waals surface area contributed by atoms with Gasteiger partial charge in [-0.3, -0.25) is 9.79 Å². The van der Waals surface area contributed by atoms with Crippen LogP contribution >= 0.6 is 24.0 Å².